The lowest BCUT2D eigenvalue weighted by atomic mass is 10.1. The Balaban J connectivity index is 1.64. The zero-order chi connectivity index (χ0) is 22.4. The van der Waals surface area contributed by atoms with E-state index in [1.807, 2.05) is 49.4 Å². The van der Waals surface area contributed by atoms with E-state index in [2.05, 4.69) is 15.4 Å². The highest BCUT2D eigenvalue weighted by Crippen LogP contribution is 2.26. The smallest absolute Gasteiger partial charge is 0.264 e. The molecule has 7 nitrogen and oxygen atoms in total. The normalized spacial score (nSPS) is 12.4. The summed E-state index contributed by atoms with van der Waals surface area (Å²) in [6.45, 7) is 1.84. The first-order chi connectivity index (χ1) is 15.4. The minimum absolute atomic E-state index is 0.223. The molecule has 3 aromatic heterocycles. The van der Waals surface area contributed by atoms with Gasteiger partial charge in [-0.25, -0.2) is 9.50 Å². The Morgan fingerprint density at radius 3 is 2.69 bits per heavy atom. The van der Waals surface area contributed by atoms with Crippen molar-refractivity contribution in [2.45, 2.75) is 13.0 Å². The Bertz CT molecular complexity index is 1540. The highest BCUT2D eigenvalue weighted by Gasteiger charge is 2.16. The third kappa shape index (κ3) is 3.50. The SMILES string of the molecule is C[C@H](N)c1cc2cccc(Cl)c2c(=O)n1-c1cccc(Nc2cc(Cl)n3nccc3n2)c1. The zero-order valence-corrected chi connectivity index (χ0v) is 18.5. The summed E-state index contributed by atoms with van der Waals surface area (Å²) in [5.41, 5.74) is 8.70. The summed E-state index contributed by atoms with van der Waals surface area (Å²) in [7, 11) is 0. The number of fused-ring (bicyclic) bond motifs is 2. The molecule has 0 fully saturated rings. The van der Waals surface area contributed by atoms with Gasteiger partial charge >= 0.3 is 0 Å². The van der Waals surface area contributed by atoms with Crippen molar-refractivity contribution in [1.29, 1.82) is 0 Å². The van der Waals surface area contributed by atoms with Crippen LogP contribution in [0.15, 0.2) is 71.7 Å². The van der Waals surface area contributed by atoms with Gasteiger partial charge in [-0.1, -0.05) is 41.4 Å². The van der Waals surface area contributed by atoms with E-state index in [-0.39, 0.29) is 11.6 Å². The first kappa shape index (κ1) is 20.5. The van der Waals surface area contributed by atoms with Crippen LogP contribution in [0.2, 0.25) is 10.2 Å². The van der Waals surface area contributed by atoms with Crippen LogP contribution in [0.5, 0.6) is 0 Å². The molecule has 5 rings (SSSR count). The molecule has 3 N–H and O–H groups in total. The van der Waals surface area contributed by atoms with Crippen LogP contribution in [-0.2, 0) is 0 Å². The van der Waals surface area contributed by atoms with Crippen molar-refractivity contribution in [3.8, 4) is 5.69 Å². The molecule has 0 aliphatic heterocycles. The highest BCUT2D eigenvalue weighted by atomic mass is 35.5. The van der Waals surface area contributed by atoms with E-state index in [4.69, 9.17) is 28.9 Å². The fraction of sp³-hybridized carbons (Fsp3) is 0.0870. The Morgan fingerprint density at radius 1 is 1.06 bits per heavy atom. The third-order valence-corrected chi connectivity index (χ3v) is 5.77. The predicted octanol–water partition coefficient (Wildman–Crippen LogP) is 5.10. The molecule has 0 saturated carbocycles. The minimum atomic E-state index is -0.368. The van der Waals surface area contributed by atoms with Crippen LogP contribution in [0.4, 0.5) is 11.5 Å². The molecule has 0 spiro atoms. The van der Waals surface area contributed by atoms with Gasteiger partial charge in [0.2, 0.25) is 0 Å². The van der Waals surface area contributed by atoms with Gasteiger partial charge in [0.25, 0.3) is 5.56 Å². The number of benzene rings is 2. The summed E-state index contributed by atoms with van der Waals surface area (Å²) < 4.78 is 3.14. The van der Waals surface area contributed by atoms with Crippen molar-refractivity contribution >= 4 is 51.1 Å². The van der Waals surface area contributed by atoms with E-state index in [9.17, 15) is 4.79 Å². The average molecular weight is 465 g/mol. The van der Waals surface area contributed by atoms with Crippen LogP contribution in [0.25, 0.3) is 22.1 Å². The minimum Gasteiger partial charge on any atom is -0.340 e. The van der Waals surface area contributed by atoms with E-state index >= 15 is 0 Å². The fourth-order valence-corrected chi connectivity index (χ4v) is 4.25. The maximum absolute atomic E-state index is 13.5. The molecule has 0 radical (unpaired) electrons. The molecule has 0 unspecified atom stereocenters. The van der Waals surface area contributed by atoms with Crippen molar-refractivity contribution in [1.82, 2.24) is 19.2 Å². The van der Waals surface area contributed by atoms with Crippen molar-refractivity contribution in [2.24, 2.45) is 5.73 Å². The molecular formula is C23H18Cl2N6O. The summed E-state index contributed by atoms with van der Waals surface area (Å²) >= 11 is 12.7. The largest absolute Gasteiger partial charge is 0.340 e. The van der Waals surface area contributed by atoms with Gasteiger partial charge in [0.05, 0.1) is 22.3 Å². The van der Waals surface area contributed by atoms with Gasteiger partial charge in [0, 0.05) is 29.6 Å². The summed E-state index contributed by atoms with van der Waals surface area (Å²) in [6.07, 6.45) is 1.63. The summed E-state index contributed by atoms with van der Waals surface area (Å²) in [5, 5.41) is 9.41. The number of nitrogens with two attached hydrogens (primary N) is 1. The third-order valence-electron chi connectivity index (χ3n) is 5.18. The van der Waals surface area contributed by atoms with Gasteiger partial charge < -0.3 is 11.1 Å². The lowest BCUT2D eigenvalue weighted by molar-refractivity contribution is 0.734. The standard InChI is InChI=1S/C23H18Cl2N6O/c1-13(26)18-10-14-4-2-7-17(24)22(14)23(32)30(18)16-6-3-5-15(11-16)28-20-12-19(25)31-21(29-20)8-9-27-31/h2-13H,26H2,1H3,(H,28,29)/t13-/m0/s1. The Kier molecular flexibility index (Phi) is 5.09. The second-order valence-corrected chi connectivity index (χ2v) is 8.24. The van der Waals surface area contributed by atoms with Gasteiger partial charge in [-0.05, 0) is 42.6 Å². The fourth-order valence-electron chi connectivity index (χ4n) is 3.75. The number of anilines is 2. The molecule has 160 valence electrons. The maximum Gasteiger partial charge on any atom is 0.264 e. The van der Waals surface area contributed by atoms with Gasteiger partial charge in [0.1, 0.15) is 11.0 Å². The van der Waals surface area contributed by atoms with E-state index in [1.54, 1.807) is 29.0 Å². The van der Waals surface area contributed by atoms with Crippen LogP contribution in [-0.4, -0.2) is 19.2 Å². The van der Waals surface area contributed by atoms with Gasteiger partial charge in [-0.2, -0.15) is 5.10 Å². The van der Waals surface area contributed by atoms with E-state index in [0.29, 0.717) is 38.4 Å². The zero-order valence-electron chi connectivity index (χ0n) is 17.0. The number of pyridine rings is 1. The topological polar surface area (TPSA) is 90.2 Å². The van der Waals surface area contributed by atoms with Crippen molar-refractivity contribution in [2.75, 3.05) is 5.32 Å². The number of hydrogen-bond donors (Lipinski definition) is 2. The molecule has 0 amide bonds. The first-order valence-corrected chi connectivity index (χ1v) is 10.7. The van der Waals surface area contributed by atoms with Crippen LogP contribution in [0, 0.1) is 0 Å². The summed E-state index contributed by atoms with van der Waals surface area (Å²) in [6, 6.07) is 17.8. The van der Waals surface area contributed by atoms with Crippen molar-refractivity contribution in [3.63, 3.8) is 0 Å². The number of hydrogen-bond acceptors (Lipinski definition) is 5. The molecule has 0 bridgehead atoms. The van der Waals surface area contributed by atoms with E-state index in [1.165, 1.54) is 4.52 Å². The Labute approximate surface area is 193 Å². The van der Waals surface area contributed by atoms with Crippen molar-refractivity contribution < 1.29 is 0 Å². The predicted molar refractivity (Wildman–Crippen MR) is 128 cm³/mol. The first-order valence-electron chi connectivity index (χ1n) is 9.90. The van der Waals surface area contributed by atoms with Crippen LogP contribution in [0.1, 0.15) is 18.7 Å². The summed E-state index contributed by atoms with van der Waals surface area (Å²) in [4.78, 5) is 18.0. The van der Waals surface area contributed by atoms with Gasteiger partial charge in [0.15, 0.2) is 5.65 Å². The van der Waals surface area contributed by atoms with Crippen LogP contribution < -0.4 is 16.6 Å². The number of nitrogens with zero attached hydrogens (tertiary/aromatic N) is 4. The molecule has 2 aromatic carbocycles. The molecular weight excluding hydrogens is 447 g/mol. The lowest BCUT2D eigenvalue weighted by Crippen LogP contribution is -2.25. The molecule has 32 heavy (non-hydrogen) atoms. The monoisotopic (exact) mass is 464 g/mol. The van der Waals surface area contributed by atoms with Gasteiger partial charge in [-0.3, -0.25) is 9.36 Å². The molecule has 1 atom stereocenters. The number of rotatable bonds is 4. The van der Waals surface area contributed by atoms with Crippen LogP contribution >= 0.6 is 23.2 Å². The second-order valence-electron chi connectivity index (χ2n) is 7.44. The molecule has 3 heterocycles. The van der Waals surface area contributed by atoms with Crippen LogP contribution in [0.3, 0.4) is 0 Å². The maximum atomic E-state index is 13.5. The molecule has 0 aliphatic carbocycles. The average Bonchev–Trinajstić information content (AvgIpc) is 3.23. The number of halogens is 2. The van der Waals surface area contributed by atoms with Crippen molar-refractivity contribution in [3.05, 3.63) is 93.1 Å². The number of aromatic nitrogens is 4. The molecule has 0 saturated heterocycles. The Hall–Kier alpha value is -3.39. The van der Waals surface area contributed by atoms with E-state index < -0.39 is 0 Å². The Morgan fingerprint density at radius 2 is 1.88 bits per heavy atom. The lowest BCUT2D eigenvalue weighted by Gasteiger charge is -2.18. The second kappa shape index (κ2) is 7.94. The summed E-state index contributed by atoms with van der Waals surface area (Å²) in [5.74, 6) is 0.557. The molecule has 5 aromatic rings. The van der Waals surface area contributed by atoms with Gasteiger partial charge in [-0.15, -0.1) is 0 Å². The molecule has 9 heteroatoms. The highest BCUT2D eigenvalue weighted by molar-refractivity contribution is 6.35. The molecule has 0 aliphatic rings. The number of nitrogens with one attached hydrogen (secondary N) is 1. The quantitative estimate of drug-likeness (QED) is 0.361. The van der Waals surface area contributed by atoms with E-state index in [0.717, 1.165) is 11.1 Å².